The fraction of sp³-hybridized carbons (Fsp3) is 0.333. The van der Waals surface area contributed by atoms with Gasteiger partial charge in [-0.25, -0.2) is 8.42 Å². The molecule has 0 saturated heterocycles. The molecule has 0 bridgehead atoms. The Bertz CT molecular complexity index is 437. The van der Waals surface area contributed by atoms with Crippen molar-refractivity contribution in [2.45, 2.75) is 13.3 Å². The molecule has 0 heterocycles. The Labute approximate surface area is 77.8 Å². The van der Waals surface area contributed by atoms with E-state index < -0.39 is 10.0 Å². The third-order valence-electron chi connectivity index (χ3n) is 2.07. The van der Waals surface area contributed by atoms with Crippen LogP contribution in [-0.2, 0) is 10.0 Å². The summed E-state index contributed by atoms with van der Waals surface area (Å²) in [5, 5.41) is 0. The fourth-order valence-electron chi connectivity index (χ4n) is 1.36. The summed E-state index contributed by atoms with van der Waals surface area (Å²) in [6.45, 7) is 1.85. The summed E-state index contributed by atoms with van der Waals surface area (Å²) in [5.41, 5.74) is 2.93. The Morgan fingerprint density at radius 1 is 1.38 bits per heavy atom. The van der Waals surface area contributed by atoms with Gasteiger partial charge in [0.15, 0.2) is 0 Å². The second-order valence-electron chi connectivity index (χ2n) is 3.18. The summed E-state index contributed by atoms with van der Waals surface area (Å²) in [5.74, 6) is 0.191. The standard InChI is InChI=1S/C9H11NO2S/c1-2-5-13(11,12)10-9-6-7-3-4-8(7)9/h3-4,6,10H,2,5H2,1H3. The summed E-state index contributed by atoms with van der Waals surface area (Å²) in [6.07, 6.45) is 0.643. The Balaban J connectivity index is 2.09. The molecule has 4 heteroatoms. The highest BCUT2D eigenvalue weighted by molar-refractivity contribution is 7.92. The lowest BCUT2D eigenvalue weighted by Crippen LogP contribution is -2.18. The molecule has 13 heavy (non-hydrogen) atoms. The monoisotopic (exact) mass is 197 g/mol. The van der Waals surface area contributed by atoms with Gasteiger partial charge in [-0.2, -0.15) is 0 Å². The molecular formula is C9H11NO2S. The molecule has 2 aliphatic rings. The molecule has 0 saturated carbocycles. The molecule has 0 amide bonds. The largest absolute Gasteiger partial charge is 0.283 e. The molecule has 0 aromatic heterocycles. The first-order valence-electron chi connectivity index (χ1n) is 4.27. The Hall–Kier alpha value is -1.03. The smallest absolute Gasteiger partial charge is 0.232 e. The van der Waals surface area contributed by atoms with Crippen LogP contribution in [0.2, 0.25) is 0 Å². The van der Waals surface area contributed by atoms with Gasteiger partial charge in [-0.3, -0.25) is 4.72 Å². The van der Waals surface area contributed by atoms with Crippen molar-refractivity contribution in [3.63, 3.8) is 0 Å². The minimum Gasteiger partial charge on any atom is -0.283 e. The van der Waals surface area contributed by atoms with Crippen LogP contribution in [0.15, 0.2) is 18.2 Å². The lowest BCUT2D eigenvalue weighted by Gasteiger charge is -2.21. The van der Waals surface area contributed by atoms with Gasteiger partial charge >= 0.3 is 0 Å². The molecule has 0 radical (unpaired) electrons. The van der Waals surface area contributed by atoms with Crippen LogP contribution in [0.25, 0.3) is 11.1 Å². The van der Waals surface area contributed by atoms with E-state index in [9.17, 15) is 8.42 Å². The van der Waals surface area contributed by atoms with Crippen molar-refractivity contribution in [3.8, 4) is 11.1 Å². The zero-order chi connectivity index (χ0) is 9.47. The van der Waals surface area contributed by atoms with Crippen molar-refractivity contribution < 1.29 is 8.42 Å². The van der Waals surface area contributed by atoms with E-state index in [1.165, 1.54) is 0 Å². The third-order valence-corrected chi connectivity index (χ3v) is 3.55. The fourth-order valence-corrected chi connectivity index (χ4v) is 2.50. The molecule has 0 fully saturated rings. The average molecular weight is 197 g/mol. The first-order chi connectivity index (χ1) is 6.12. The number of benzene rings is 1. The molecule has 0 aliphatic heterocycles. The predicted molar refractivity (Wildman–Crippen MR) is 53.1 cm³/mol. The summed E-state index contributed by atoms with van der Waals surface area (Å²) < 4.78 is 25.2. The number of sulfonamides is 1. The summed E-state index contributed by atoms with van der Waals surface area (Å²) >= 11 is 0. The zero-order valence-corrected chi connectivity index (χ0v) is 8.19. The molecule has 0 aromatic carbocycles. The zero-order valence-electron chi connectivity index (χ0n) is 7.37. The van der Waals surface area contributed by atoms with Gasteiger partial charge < -0.3 is 0 Å². The lowest BCUT2D eigenvalue weighted by atomic mass is 9.91. The summed E-state index contributed by atoms with van der Waals surface area (Å²) in [7, 11) is -3.10. The molecular weight excluding hydrogens is 186 g/mol. The van der Waals surface area contributed by atoms with Gasteiger partial charge in [0.2, 0.25) is 10.0 Å². The van der Waals surface area contributed by atoms with Crippen LogP contribution in [-0.4, -0.2) is 14.2 Å². The number of rotatable bonds is 4. The van der Waals surface area contributed by atoms with Gasteiger partial charge in [0, 0.05) is 5.56 Å². The third kappa shape index (κ3) is 1.42. The second-order valence-corrected chi connectivity index (χ2v) is 5.02. The molecule has 2 rings (SSSR count). The lowest BCUT2D eigenvalue weighted by molar-refractivity contribution is 0.600. The summed E-state index contributed by atoms with van der Waals surface area (Å²) in [4.78, 5) is 0. The molecule has 1 N–H and O–H groups in total. The number of hydrogen-bond donors (Lipinski definition) is 1. The van der Waals surface area contributed by atoms with E-state index in [1.54, 1.807) is 0 Å². The molecule has 0 atom stereocenters. The highest BCUT2D eigenvalue weighted by Gasteiger charge is 2.20. The van der Waals surface area contributed by atoms with Crippen LogP contribution in [0.3, 0.4) is 0 Å². The Morgan fingerprint density at radius 2 is 2.15 bits per heavy atom. The van der Waals surface area contributed by atoms with E-state index >= 15 is 0 Å². The van der Waals surface area contributed by atoms with Gasteiger partial charge in [-0.05, 0) is 18.1 Å². The average Bonchev–Trinajstić information content (AvgIpc) is 1.98. The molecule has 0 aromatic rings. The summed E-state index contributed by atoms with van der Waals surface area (Å²) in [6, 6.07) is 5.73. The van der Waals surface area contributed by atoms with Crippen LogP contribution in [0.1, 0.15) is 13.3 Å². The Morgan fingerprint density at radius 3 is 2.54 bits per heavy atom. The second kappa shape index (κ2) is 2.73. The van der Waals surface area contributed by atoms with Crippen molar-refractivity contribution >= 4 is 15.7 Å². The van der Waals surface area contributed by atoms with Gasteiger partial charge in [-0.1, -0.05) is 19.1 Å². The number of nitrogens with one attached hydrogen (secondary N) is 1. The van der Waals surface area contributed by atoms with E-state index in [2.05, 4.69) is 4.72 Å². The quantitative estimate of drug-likeness (QED) is 0.812. The minimum absolute atomic E-state index is 0.191. The topological polar surface area (TPSA) is 46.2 Å². The van der Waals surface area contributed by atoms with Gasteiger partial charge in [0.05, 0.1) is 11.4 Å². The first kappa shape index (κ1) is 8.56. The van der Waals surface area contributed by atoms with Crippen LogP contribution >= 0.6 is 0 Å². The van der Waals surface area contributed by atoms with E-state index in [0.717, 1.165) is 16.8 Å². The van der Waals surface area contributed by atoms with Crippen LogP contribution < -0.4 is 4.72 Å². The number of anilines is 1. The van der Waals surface area contributed by atoms with Crippen molar-refractivity contribution in [3.05, 3.63) is 18.2 Å². The van der Waals surface area contributed by atoms with Crippen molar-refractivity contribution in [1.82, 2.24) is 0 Å². The Kier molecular flexibility index (Phi) is 1.80. The van der Waals surface area contributed by atoms with Crippen molar-refractivity contribution in [2.75, 3.05) is 10.5 Å². The predicted octanol–water partition coefficient (Wildman–Crippen LogP) is 1.82. The van der Waals surface area contributed by atoms with Gasteiger partial charge in [0.25, 0.3) is 0 Å². The van der Waals surface area contributed by atoms with Crippen LogP contribution in [0, 0.1) is 0 Å². The highest BCUT2D eigenvalue weighted by atomic mass is 32.2. The van der Waals surface area contributed by atoms with E-state index in [4.69, 9.17) is 0 Å². The van der Waals surface area contributed by atoms with E-state index in [1.807, 2.05) is 25.1 Å². The molecule has 0 spiro atoms. The maximum absolute atomic E-state index is 11.3. The highest BCUT2D eigenvalue weighted by Crippen LogP contribution is 2.41. The van der Waals surface area contributed by atoms with Gasteiger partial charge in [0.1, 0.15) is 0 Å². The normalized spacial score (nSPS) is 12.7. The maximum Gasteiger partial charge on any atom is 0.232 e. The minimum atomic E-state index is -3.10. The number of fused-ring (bicyclic) bond motifs is 1. The SMILES string of the molecule is CCCS(=O)(=O)Nc1cc2ccc1-2. The molecule has 2 aliphatic carbocycles. The van der Waals surface area contributed by atoms with Crippen molar-refractivity contribution in [1.29, 1.82) is 0 Å². The van der Waals surface area contributed by atoms with E-state index in [-0.39, 0.29) is 5.75 Å². The first-order valence-corrected chi connectivity index (χ1v) is 5.92. The molecule has 70 valence electrons. The van der Waals surface area contributed by atoms with Crippen molar-refractivity contribution in [2.24, 2.45) is 0 Å². The van der Waals surface area contributed by atoms with Crippen LogP contribution in [0.5, 0.6) is 0 Å². The van der Waals surface area contributed by atoms with Gasteiger partial charge in [-0.15, -0.1) is 0 Å². The number of hydrogen-bond acceptors (Lipinski definition) is 2. The van der Waals surface area contributed by atoms with E-state index in [0.29, 0.717) is 6.42 Å². The molecule has 0 unspecified atom stereocenters. The van der Waals surface area contributed by atoms with Crippen LogP contribution in [0.4, 0.5) is 5.69 Å². The molecule has 3 nitrogen and oxygen atoms in total. The maximum atomic E-state index is 11.3.